The maximum absolute atomic E-state index is 11.7. The molecule has 2 rings (SSSR count). The first-order chi connectivity index (χ1) is 7.75. The van der Waals surface area contributed by atoms with Gasteiger partial charge in [-0.15, -0.1) is 12.4 Å². The van der Waals surface area contributed by atoms with E-state index in [1.54, 1.807) is 24.3 Å². The van der Waals surface area contributed by atoms with Gasteiger partial charge in [0.1, 0.15) is 0 Å². The molecule has 4 nitrogen and oxygen atoms in total. The number of nitrogens with one attached hydrogen (secondary N) is 1. The molecule has 1 atom stereocenters. The first-order valence-corrected chi connectivity index (χ1v) is 5.47. The summed E-state index contributed by atoms with van der Waals surface area (Å²) in [4.78, 5) is 11.7. The molecular weight excluding hydrogens is 240 g/mol. The molecule has 1 aromatic rings. The standard InChI is InChI=1S/C12H16N2O2.ClH/c13-11-3-1-10(2-4-11)12(15)14-7-9-5-6-16-8-9;/h1-4,9H,5-8,13H2,(H,14,15);1H. The van der Waals surface area contributed by atoms with Crippen LogP contribution in [0.4, 0.5) is 5.69 Å². The number of carbonyl (C=O) groups excluding carboxylic acids is 1. The molecule has 0 aromatic heterocycles. The average molecular weight is 257 g/mol. The summed E-state index contributed by atoms with van der Waals surface area (Å²) >= 11 is 0. The number of anilines is 1. The molecule has 5 heteroatoms. The fraction of sp³-hybridized carbons (Fsp3) is 0.417. The summed E-state index contributed by atoms with van der Waals surface area (Å²) < 4.78 is 5.24. The zero-order valence-corrected chi connectivity index (χ0v) is 10.3. The molecule has 1 aromatic carbocycles. The molecule has 3 N–H and O–H groups in total. The largest absolute Gasteiger partial charge is 0.399 e. The number of nitrogens with two attached hydrogens (primary N) is 1. The number of hydrogen-bond acceptors (Lipinski definition) is 3. The minimum atomic E-state index is -0.0492. The van der Waals surface area contributed by atoms with Crippen molar-refractivity contribution < 1.29 is 9.53 Å². The lowest BCUT2D eigenvalue weighted by Gasteiger charge is -2.09. The Morgan fingerprint density at radius 3 is 2.71 bits per heavy atom. The second-order valence-corrected chi connectivity index (χ2v) is 4.06. The van der Waals surface area contributed by atoms with Crippen molar-refractivity contribution in [2.24, 2.45) is 5.92 Å². The van der Waals surface area contributed by atoms with Crippen LogP contribution in [0, 0.1) is 5.92 Å². The van der Waals surface area contributed by atoms with Gasteiger partial charge in [0, 0.05) is 30.3 Å². The van der Waals surface area contributed by atoms with Crippen LogP contribution in [0.15, 0.2) is 24.3 Å². The Bertz CT molecular complexity index is 361. The zero-order chi connectivity index (χ0) is 11.4. The van der Waals surface area contributed by atoms with Gasteiger partial charge in [0.25, 0.3) is 5.91 Å². The van der Waals surface area contributed by atoms with Crippen LogP contribution < -0.4 is 11.1 Å². The molecular formula is C12H17ClN2O2. The van der Waals surface area contributed by atoms with Crippen LogP contribution in [0.2, 0.25) is 0 Å². The van der Waals surface area contributed by atoms with Gasteiger partial charge in [-0.1, -0.05) is 0 Å². The van der Waals surface area contributed by atoms with Crippen LogP contribution in [0.1, 0.15) is 16.8 Å². The van der Waals surface area contributed by atoms with E-state index >= 15 is 0 Å². The van der Waals surface area contributed by atoms with Crippen LogP contribution >= 0.6 is 12.4 Å². The van der Waals surface area contributed by atoms with Crippen LogP contribution in [0.5, 0.6) is 0 Å². The van der Waals surface area contributed by atoms with E-state index < -0.39 is 0 Å². The molecule has 1 saturated heterocycles. The molecule has 17 heavy (non-hydrogen) atoms. The molecule has 0 saturated carbocycles. The van der Waals surface area contributed by atoms with Crippen molar-refractivity contribution in [2.45, 2.75) is 6.42 Å². The van der Waals surface area contributed by atoms with E-state index in [4.69, 9.17) is 10.5 Å². The van der Waals surface area contributed by atoms with Crippen LogP contribution in [-0.4, -0.2) is 25.7 Å². The Balaban J connectivity index is 0.00000144. The van der Waals surface area contributed by atoms with Crippen molar-refractivity contribution in [3.63, 3.8) is 0 Å². The van der Waals surface area contributed by atoms with Gasteiger partial charge in [-0.05, 0) is 30.7 Å². The monoisotopic (exact) mass is 256 g/mol. The molecule has 0 aliphatic carbocycles. The van der Waals surface area contributed by atoms with E-state index in [-0.39, 0.29) is 18.3 Å². The Morgan fingerprint density at radius 1 is 1.41 bits per heavy atom. The second kappa shape index (κ2) is 6.47. The Labute approximate surface area is 107 Å². The Kier molecular flexibility index (Phi) is 5.25. The summed E-state index contributed by atoms with van der Waals surface area (Å²) in [6, 6.07) is 6.92. The maximum Gasteiger partial charge on any atom is 0.251 e. The highest BCUT2D eigenvalue weighted by molar-refractivity contribution is 5.94. The third kappa shape index (κ3) is 3.91. The minimum Gasteiger partial charge on any atom is -0.399 e. The minimum absolute atomic E-state index is 0. The van der Waals surface area contributed by atoms with E-state index in [1.165, 1.54) is 0 Å². The van der Waals surface area contributed by atoms with E-state index in [9.17, 15) is 4.79 Å². The molecule has 0 radical (unpaired) electrons. The maximum atomic E-state index is 11.7. The number of rotatable bonds is 3. The lowest BCUT2D eigenvalue weighted by molar-refractivity contribution is 0.0945. The van der Waals surface area contributed by atoms with E-state index in [2.05, 4.69) is 5.32 Å². The van der Waals surface area contributed by atoms with Crippen molar-refractivity contribution in [1.29, 1.82) is 0 Å². The van der Waals surface area contributed by atoms with Gasteiger partial charge in [-0.3, -0.25) is 4.79 Å². The highest BCUT2D eigenvalue weighted by Crippen LogP contribution is 2.11. The van der Waals surface area contributed by atoms with E-state index in [1.807, 2.05) is 0 Å². The molecule has 1 aliphatic heterocycles. The molecule has 0 spiro atoms. The average Bonchev–Trinajstić information content (AvgIpc) is 2.80. The highest BCUT2D eigenvalue weighted by Gasteiger charge is 2.16. The first-order valence-electron chi connectivity index (χ1n) is 5.47. The van der Waals surface area contributed by atoms with Crippen LogP contribution in [0.25, 0.3) is 0 Å². The van der Waals surface area contributed by atoms with Gasteiger partial charge in [0.2, 0.25) is 0 Å². The SMILES string of the molecule is Cl.Nc1ccc(C(=O)NCC2CCOC2)cc1. The fourth-order valence-electron chi connectivity index (χ4n) is 1.72. The van der Waals surface area contributed by atoms with Crippen molar-refractivity contribution in [3.05, 3.63) is 29.8 Å². The number of carbonyl (C=O) groups is 1. The Morgan fingerprint density at radius 2 is 2.12 bits per heavy atom. The number of amides is 1. The number of ether oxygens (including phenoxy) is 1. The molecule has 1 amide bonds. The smallest absolute Gasteiger partial charge is 0.251 e. The predicted octanol–water partition coefficient (Wildman–Crippen LogP) is 1.46. The van der Waals surface area contributed by atoms with Gasteiger partial charge in [0.15, 0.2) is 0 Å². The fourth-order valence-corrected chi connectivity index (χ4v) is 1.72. The Hall–Kier alpha value is -1.26. The van der Waals surface area contributed by atoms with Gasteiger partial charge >= 0.3 is 0 Å². The summed E-state index contributed by atoms with van der Waals surface area (Å²) in [5.74, 6) is 0.407. The van der Waals surface area contributed by atoms with Crippen LogP contribution in [-0.2, 0) is 4.74 Å². The summed E-state index contributed by atoms with van der Waals surface area (Å²) in [5.41, 5.74) is 6.87. The lowest BCUT2D eigenvalue weighted by atomic mass is 10.1. The molecule has 1 aliphatic rings. The van der Waals surface area contributed by atoms with Crippen molar-refractivity contribution in [1.82, 2.24) is 5.32 Å². The third-order valence-corrected chi connectivity index (χ3v) is 2.75. The van der Waals surface area contributed by atoms with E-state index in [0.29, 0.717) is 23.7 Å². The topological polar surface area (TPSA) is 64.4 Å². The lowest BCUT2D eigenvalue weighted by Crippen LogP contribution is -2.29. The van der Waals surface area contributed by atoms with Crippen molar-refractivity contribution >= 4 is 24.0 Å². The summed E-state index contributed by atoms with van der Waals surface area (Å²) in [6.45, 7) is 2.24. The molecule has 1 unspecified atom stereocenters. The van der Waals surface area contributed by atoms with Gasteiger partial charge < -0.3 is 15.8 Å². The predicted molar refractivity (Wildman–Crippen MR) is 69.4 cm³/mol. The van der Waals surface area contributed by atoms with Crippen LogP contribution in [0.3, 0.4) is 0 Å². The molecule has 1 fully saturated rings. The van der Waals surface area contributed by atoms with Crippen molar-refractivity contribution in [3.8, 4) is 0 Å². The number of nitrogen functional groups attached to an aromatic ring is 1. The van der Waals surface area contributed by atoms with Crippen molar-refractivity contribution in [2.75, 3.05) is 25.5 Å². The number of hydrogen-bond donors (Lipinski definition) is 2. The molecule has 1 heterocycles. The highest BCUT2D eigenvalue weighted by atomic mass is 35.5. The summed E-state index contributed by atoms with van der Waals surface area (Å²) in [6.07, 6.45) is 1.03. The van der Waals surface area contributed by atoms with Gasteiger partial charge in [-0.25, -0.2) is 0 Å². The summed E-state index contributed by atoms with van der Waals surface area (Å²) in [5, 5.41) is 2.90. The number of benzene rings is 1. The normalized spacial score (nSPS) is 18.5. The summed E-state index contributed by atoms with van der Waals surface area (Å²) in [7, 11) is 0. The quantitative estimate of drug-likeness (QED) is 0.805. The third-order valence-electron chi connectivity index (χ3n) is 2.75. The molecule has 0 bridgehead atoms. The zero-order valence-electron chi connectivity index (χ0n) is 9.52. The van der Waals surface area contributed by atoms with Gasteiger partial charge in [-0.2, -0.15) is 0 Å². The second-order valence-electron chi connectivity index (χ2n) is 4.06. The van der Waals surface area contributed by atoms with E-state index in [0.717, 1.165) is 19.6 Å². The number of halogens is 1. The molecule has 94 valence electrons. The van der Waals surface area contributed by atoms with Gasteiger partial charge in [0.05, 0.1) is 6.61 Å². The first kappa shape index (κ1) is 13.8.